The molecule has 1 aliphatic rings. The van der Waals surface area contributed by atoms with Crippen molar-refractivity contribution in [3.05, 3.63) is 59.4 Å². The topological polar surface area (TPSA) is 97.9 Å². The molecule has 0 radical (unpaired) electrons. The monoisotopic (exact) mass is 449 g/mol. The average Bonchev–Trinajstić information content (AvgIpc) is 3.43. The van der Waals surface area contributed by atoms with E-state index in [9.17, 15) is 9.59 Å². The summed E-state index contributed by atoms with van der Waals surface area (Å²) in [7, 11) is 1.78. The average molecular weight is 450 g/mol. The van der Waals surface area contributed by atoms with Crippen molar-refractivity contribution in [1.82, 2.24) is 34.8 Å². The maximum absolute atomic E-state index is 13.1. The van der Waals surface area contributed by atoms with Gasteiger partial charge in [-0.25, -0.2) is 9.67 Å². The number of likely N-dealkylation sites (tertiary alicyclic amines) is 1. The number of carbonyl (C=O) groups is 2. The molecule has 33 heavy (non-hydrogen) atoms. The van der Waals surface area contributed by atoms with Gasteiger partial charge in [0.1, 0.15) is 5.82 Å². The highest BCUT2D eigenvalue weighted by Crippen LogP contribution is 2.24. The molecule has 0 aliphatic carbocycles. The second-order valence-electron chi connectivity index (χ2n) is 8.96. The molecular weight excluding hydrogens is 418 g/mol. The van der Waals surface area contributed by atoms with E-state index in [1.165, 1.54) is 5.56 Å². The summed E-state index contributed by atoms with van der Waals surface area (Å²) in [5.41, 5.74) is 2.68. The van der Waals surface area contributed by atoms with Crippen molar-refractivity contribution in [3.8, 4) is 5.69 Å². The number of rotatable bonds is 6. The van der Waals surface area contributed by atoms with Crippen LogP contribution in [-0.2, 0) is 7.05 Å². The fraction of sp³-hybridized carbons (Fsp3) is 0.458. The van der Waals surface area contributed by atoms with Crippen LogP contribution in [0, 0.1) is 12.8 Å². The van der Waals surface area contributed by atoms with Crippen molar-refractivity contribution < 1.29 is 9.59 Å². The largest absolute Gasteiger partial charge is 0.352 e. The van der Waals surface area contributed by atoms with Gasteiger partial charge in [-0.1, -0.05) is 32.0 Å². The van der Waals surface area contributed by atoms with E-state index in [0.717, 1.165) is 18.5 Å². The third kappa shape index (κ3) is 4.97. The van der Waals surface area contributed by atoms with Crippen LogP contribution in [0.25, 0.3) is 5.69 Å². The van der Waals surface area contributed by atoms with Gasteiger partial charge in [0.25, 0.3) is 11.8 Å². The maximum atomic E-state index is 13.1. The van der Waals surface area contributed by atoms with Gasteiger partial charge in [0.2, 0.25) is 5.82 Å². The van der Waals surface area contributed by atoms with Crippen molar-refractivity contribution in [2.24, 2.45) is 13.0 Å². The minimum atomic E-state index is -0.142. The molecule has 0 bridgehead atoms. The number of benzene rings is 1. The van der Waals surface area contributed by atoms with E-state index < -0.39 is 0 Å². The highest BCUT2D eigenvalue weighted by atomic mass is 16.2. The smallest absolute Gasteiger partial charge is 0.293 e. The highest BCUT2D eigenvalue weighted by Gasteiger charge is 2.27. The van der Waals surface area contributed by atoms with E-state index in [-0.39, 0.29) is 17.6 Å². The number of piperidine rings is 1. The lowest BCUT2D eigenvalue weighted by Crippen LogP contribution is -2.42. The van der Waals surface area contributed by atoms with E-state index in [1.54, 1.807) is 28.8 Å². The molecule has 9 nitrogen and oxygen atoms in total. The van der Waals surface area contributed by atoms with Gasteiger partial charge >= 0.3 is 0 Å². The van der Waals surface area contributed by atoms with Gasteiger partial charge in [-0.2, -0.15) is 5.10 Å². The Morgan fingerprint density at radius 3 is 2.58 bits per heavy atom. The quantitative estimate of drug-likeness (QED) is 0.624. The van der Waals surface area contributed by atoms with Crippen LogP contribution in [0.15, 0.2) is 36.7 Å². The molecule has 174 valence electrons. The van der Waals surface area contributed by atoms with Crippen LogP contribution in [0.2, 0.25) is 0 Å². The van der Waals surface area contributed by atoms with Crippen LogP contribution >= 0.6 is 0 Å². The van der Waals surface area contributed by atoms with E-state index in [4.69, 9.17) is 0 Å². The van der Waals surface area contributed by atoms with Gasteiger partial charge in [-0.15, -0.1) is 5.10 Å². The SMILES string of the molecule is Cc1nc(C(=O)N2CCC(CNC(=O)c3cnn(C)c3)CC2)nn1-c1ccccc1C(C)C. The van der Waals surface area contributed by atoms with Crippen molar-refractivity contribution in [2.45, 2.75) is 39.5 Å². The first-order valence-corrected chi connectivity index (χ1v) is 11.4. The van der Waals surface area contributed by atoms with Gasteiger partial charge < -0.3 is 10.2 Å². The summed E-state index contributed by atoms with van der Waals surface area (Å²) < 4.78 is 3.38. The fourth-order valence-electron chi connectivity index (χ4n) is 4.24. The minimum absolute atomic E-state index is 0.117. The van der Waals surface area contributed by atoms with Gasteiger partial charge in [-0.05, 0) is 43.2 Å². The molecule has 1 fully saturated rings. The van der Waals surface area contributed by atoms with E-state index in [1.807, 2.05) is 30.0 Å². The van der Waals surface area contributed by atoms with Crippen molar-refractivity contribution in [2.75, 3.05) is 19.6 Å². The number of carbonyl (C=O) groups excluding carboxylic acids is 2. The Morgan fingerprint density at radius 2 is 1.91 bits per heavy atom. The standard InChI is InChI=1S/C24H31N7O2/c1-16(2)20-7-5-6-8-21(20)31-17(3)27-22(28-31)24(33)30-11-9-18(10-12-30)13-25-23(32)19-14-26-29(4)15-19/h5-8,14-16,18H,9-13H2,1-4H3,(H,25,32). The Kier molecular flexibility index (Phi) is 6.57. The van der Waals surface area contributed by atoms with Gasteiger partial charge in [-0.3, -0.25) is 14.3 Å². The first-order valence-electron chi connectivity index (χ1n) is 11.4. The Labute approximate surface area is 193 Å². The molecule has 9 heteroatoms. The van der Waals surface area contributed by atoms with Gasteiger partial charge in [0.15, 0.2) is 0 Å². The maximum Gasteiger partial charge on any atom is 0.293 e. The number of aryl methyl sites for hydroxylation is 2. The Hall–Kier alpha value is -3.49. The highest BCUT2D eigenvalue weighted by molar-refractivity contribution is 5.93. The molecular formula is C24H31N7O2. The third-order valence-corrected chi connectivity index (χ3v) is 6.17. The summed E-state index contributed by atoms with van der Waals surface area (Å²) in [6.45, 7) is 8.00. The minimum Gasteiger partial charge on any atom is -0.352 e. The van der Waals surface area contributed by atoms with Crippen LogP contribution in [0.5, 0.6) is 0 Å². The molecule has 1 saturated heterocycles. The summed E-state index contributed by atoms with van der Waals surface area (Å²) in [5, 5.41) is 11.6. The lowest BCUT2D eigenvalue weighted by atomic mass is 9.96. The second-order valence-corrected chi connectivity index (χ2v) is 8.96. The molecule has 0 atom stereocenters. The fourth-order valence-corrected chi connectivity index (χ4v) is 4.24. The van der Waals surface area contributed by atoms with Gasteiger partial charge in [0, 0.05) is 32.9 Å². The molecule has 0 unspecified atom stereocenters. The molecule has 2 aromatic heterocycles. The van der Waals surface area contributed by atoms with Crippen molar-refractivity contribution in [3.63, 3.8) is 0 Å². The summed E-state index contributed by atoms with van der Waals surface area (Å²) >= 11 is 0. The Bertz CT molecular complexity index is 1140. The molecule has 2 amide bonds. The molecule has 1 aromatic carbocycles. The predicted octanol–water partition coefficient (Wildman–Crippen LogP) is 2.71. The van der Waals surface area contributed by atoms with Crippen LogP contribution in [-0.4, -0.2) is 60.9 Å². The van der Waals surface area contributed by atoms with Crippen molar-refractivity contribution >= 4 is 11.8 Å². The Balaban J connectivity index is 1.36. The summed E-state index contributed by atoms with van der Waals surface area (Å²) in [6, 6.07) is 8.08. The normalized spacial score (nSPS) is 14.6. The third-order valence-electron chi connectivity index (χ3n) is 6.17. The lowest BCUT2D eigenvalue weighted by Gasteiger charge is -2.31. The zero-order valence-electron chi connectivity index (χ0n) is 19.7. The molecule has 3 heterocycles. The number of aromatic nitrogens is 5. The zero-order valence-corrected chi connectivity index (χ0v) is 19.7. The first-order chi connectivity index (χ1) is 15.8. The zero-order chi connectivity index (χ0) is 23.5. The number of para-hydroxylation sites is 1. The van der Waals surface area contributed by atoms with E-state index in [0.29, 0.717) is 42.9 Å². The number of amides is 2. The van der Waals surface area contributed by atoms with Crippen LogP contribution in [0.1, 0.15) is 65.0 Å². The Morgan fingerprint density at radius 1 is 1.18 bits per heavy atom. The molecule has 1 aliphatic heterocycles. The second kappa shape index (κ2) is 9.56. The number of nitrogens with zero attached hydrogens (tertiary/aromatic N) is 6. The lowest BCUT2D eigenvalue weighted by molar-refractivity contribution is 0.0672. The molecule has 0 spiro atoms. The van der Waals surface area contributed by atoms with Crippen LogP contribution in [0.4, 0.5) is 0 Å². The number of hydrogen-bond acceptors (Lipinski definition) is 5. The van der Waals surface area contributed by atoms with Crippen LogP contribution < -0.4 is 5.32 Å². The molecule has 1 N–H and O–H groups in total. The van der Waals surface area contributed by atoms with E-state index in [2.05, 4.69) is 40.4 Å². The molecule has 3 aromatic rings. The van der Waals surface area contributed by atoms with Gasteiger partial charge in [0.05, 0.1) is 17.4 Å². The molecule has 4 rings (SSSR count). The summed E-state index contributed by atoms with van der Waals surface area (Å²) in [6.07, 6.45) is 4.92. The van der Waals surface area contributed by atoms with Crippen molar-refractivity contribution in [1.29, 1.82) is 0 Å². The summed E-state index contributed by atoms with van der Waals surface area (Å²) in [5.74, 6) is 1.33. The molecule has 0 saturated carbocycles. The van der Waals surface area contributed by atoms with E-state index >= 15 is 0 Å². The number of hydrogen-bond donors (Lipinski definition) is 1. The van der Waals surface area contributed by atoms with Crippen LogP contribution in [0.3, 0.4) is 0 Å². The first kappa shape index (κ1) is 22.7. The predicted molar refractivity (Wildman–Crippen MR) is 124 cm³/mol. The summed E-state index contributed by atoms with van der Waals surface area (Å²) in [4.78, 5) is 31.6. The number of nitrogens with one attached hydrogen (secondary N) is 1.